The third kappa shape index (κ3) is 9.26. The average Bonchev–Trinajstić information content (AvgIpc) is 1.96. The number of hydrogen-bond acceptors (Lipinski definition) is 1. The summed E-state index contributed by atoms with van der Waals surface area (Å²) in [6, 6.07) is 0. The lowest BCUT2D eigenvalue weighted by Gasteiger charge is -1.87. The second-order valence-electron chi connectivity index (χ2n) is 2.52. The molecule has 0 aliphatic rings. The van der Waals surface area contributed by atoms with Crippen LogP contribution in [0.15, 0.2) is 12.2 Å². The first-order chi connectivity index (χ1) is 5.27. The van der Waals surface area contributed by atoms with Crippen LogP contribution in [-0.4, -0.2) is 11.2 Å². The fraction of sp³-hybridized carbons (Fsp3) is 0.600. The molecule has 0 rings (SSSR count). The first kappa shape index (κ1) is 10.3. The van der Waals surface area contributed by atoms with E-state index in [9.17, 15) is 0 Å². The maximum Gasteiger partial charge on any atom is 0.0701 e. The average molecular weight is 152 g/mol. The first-order valence-electron chi connectivity index (χ1n) is 4.10. The molecule has 0 radical (unpaired) electrons. The van der Waals surface area contributed by atoms with Crippen molar-refractivity contribution in [2.75, 3.05) is 0 Å². The van der Waals surface area contributed by atoms with Gasteiger partial charge >= 0.3 is 0 Å². The van der Waals surface area contributed by atoms with E-state index in [1.165, 1.54) is 6.42 Å². The molecule has 0 aromatic rings. The summed E-state index contributed by atoms with van der Waals surface area (Å²) < 4.78 is 0. The quantitative estimate of drug-likeness (QED) is 0.485. The fourth-order valence-corrected chi connectivity index (χ4v) is 0.584. The highest BCUT2D eigenvalue weighted by Crippen LogP contribution is 1.90. The van der Waals surface area contributed by atoms with Crippen LogP contribution in [0.5, 0.6) is 0 Å². The molecule has 0 saturated carbocycles. The molecule has 1 nitrogen and oxygen atoms in total. The molecular formula is C10H16O. The fourth-order valence-electron chi connectivity index (χ4n) is 0.584. The maximum atomic E-state index is 8.80. The summed E-state index contributed by atoms with van der Waals surface area (Å²) in [4.78, 5) is 0. The highest BCUT2D eigenvalue weighted by molar-refractivity contribution is 5.15. The van der Waals surface area contributed by atoms with Crippen molar-refractivity contribution >= 4 is 0 Å². The zero-order valence-corrected chi connectivity index (χ0v) is 7.30. The van der Waals surface area contributed by atoms with E-state index < -0.39 is 0 Å². The van der Waals surface area contributed by atoms with Crippen LogP contribution in [0.1, 0.15) is 33.1 Å². The molecule has 0 amide bonds. The Bertz CT molecular complexity index is 157. The van der Waals surface area contributed by atoms with Gasteiger partial charge in [-0.15, -0.1) is 0 Å². The normalized spacial score (nSPS) is 12.6. The largest absolute Gasteiger partial charge is 0.389 e. The molecular weight excluding hydrogens is 136 g/mol. The van der Waals surface area contributed by atoms with Crippen molar-refractivity contribution in [3.05, 3.63) is 12.2 Å². The minimum absolute atomic E-state index is 0.379. The van der Waals surface area contributed by atoms with Gasteiger partial charge in [-0.3, -0.25) is 0 Å². The third-order valence-electron chi connectivity index (χ3n) is 1.22. The molecule has 0 unspecified atom stereocenters. The molecule has 62 valence electrons. The van der Waals surface area contributed by atoms with Crippen molar-refractivity contribution in [1.29, 1.82) is 0 Å². The van der Waals surface area contributed by atoms with E-state index in [-0.39, 0.29) is 6.10 Å². The van der Waals surface area contributed by atoms with E-state index in [2.05, 4.69) is 18.8 Å². The van der Waals surface area contributed by atoms with Crippen LogP contribution in [-0.2, 0) is 0 Å². The zero-order chi connectivity index (χ0) is 8.53. The van der Waals surface area contributed by atoms with Gasteiger partial charge in [-0.1, -0.05) is 25.2 Å². The molecule has 0 heterocycles. The van der Waals surface area contributed by atoms with Crippen LogP contribution in [0.4, 0.5) is 0 Å². The molecule has 0 aliphatic heterocycles. The van der Waals surface area contributed by atoms with E-state index in [0.29, 0.717) is 0 Å². The number of aliphatic hydroxyl groups excluding tert-OH is 1. The Kier molecular flexibility index (Phi) is 6.87. The summed E-state index contributed by atoms with van der Waals surface area (Å²) in [6.07, 6.45) is 6.32. The number of unbranched alkanes of at least 4 members (excludes halogenated alkanes) is 2. The molecule has 0 fully saturated rings. The van der Waals surface area contributed by atoms with Gasteiger partial charge in [0.25, 0.3) is 0 Å². The van der Waals surface area contributed by atoms with Crippen LogP contribution in [0, 0.1) is 11.8 Å². The topological polar surface area (TPSA) is 20.2 Å². The highest BCUT2D eigenvalue weighted by atomic mass is 16.3. The number of hydrogen-bond donors (Lipinski definition) is 1. The van der Waals surface area contributed by atoms with E-state index in [4.69, 9.17) is 5.11 Å². The Morgan fingerprint density at radius 1 is 1.55 bits per heavy atom. The van der Waals surface area contributed by atoms with Crippen molar-refractivity contribution in [1.82, 2.24) is 0 Å². The highest BCUT2D eigenvalue weighted by Gasteiger charge is 1.80. The standard InChI is InChI=1S/C10H16O/c1-3-4-5-6-7-8-9-10(2)11/h8-11H,3-5H2,1-2H3/b9-8+/t10-/m0/s1. The molecule has 1 N–H and O–H groups in total. The van der Waals surface area contributed by atoms with Gasteiger partial charge in [-0.25, -0.2) is 0 Å². The Morgan fingerprint density at radius 2 is 2.27 bits per heavy atom. The molecule has 1 atom stereocenters. The Morgan fingerprint density at radius 3 is 2.82 bits per heavy atom. The predicted molar refractivity (Wildman–Crippen MR) is 48.1 cm³/mol. The van der Waals surface area contributed by atoms with E-state index in [0.717, 1.165) is 12.8 Å². The number of allylic oxidation sites excluding steroid dienone is 1. The van der Waals surface area contributed by atoms with E-state index in [1.54, 1.807) is 19.1 Å². The van der Waals surface area contributed by atoms with Gasteiger partial charge in [0.15, 0.2) is 0 Å². The van der Waals surface area contributed by atoms with Crippen molar-refractivity contribution in [3.63, 3.8) is 0 Å². The second-order valence-corrected chi connectivity index (χ2v) is 2.52. The van der Waals surface area contributed by atoms with Gasteiger partial charge in [-0.2, -0.15) is 0 Å². The van der Waals surface area contributed by atoms with Crippen LogP contribution >= 0.6 is 0 Å². The molecule has 1 heteroatoms. The van der Waals surface area contributed by atoms with Crippen LogP contribution in [0.3, 0.4) is 0 Å². The van der Waals surface area contributed by atoms with Gasteiger partial charge in [0.1, 0.15) is 0 Å². The smallest absolute Gasteiger partial charge is 0.0701 e. The van der Waals surface area contributed by atoms with Gasteiger partial charge < -0.3 is 5.11 Å². The van der Waals surface area contributed by atoms with Crippen molar-refractivity contribution in [2.24, 2.45) is 0 Å². The van der Waals surface area contributed by atoms with Crippen LogP contribution < -0.4 is 0 Å². The Balaban J connectivity index is 3.39. The van der Waals surface area contributed by atoms with Gasteiger partial charge in [0.05, 0.1) is 6.10 Å². The van der Waals surface area contributed by atoms with Gasteiger partial charge in [0.2, 0.25) is 0 Å². The lowest BCUT2D eigenvalue weighted by atomic mass is 10.2. The monoisotopic (exact) mass is 152 g/mol. The minimum Gasteiger partial charge on any atom is -0.389 e. The Hall–Kier alpha value is -0.740. The van der Waals surface area contributed by atoms with Crippen molar-refractivity contribution in [3.8, 4) is 11.8 Å². The molecule has 0 spiro atoms. The summed E-state index contributed by atoms with van der Waals surface area (Å²) in [7, 11) is 0. The zero-order valence-electron chi connectivity index (χ0n) is 7.30. The SMILES string of the molecule is CCCCC#C/C=C/[C@H](C)O. The molecule has 0 saturated heterocycles. The summed E-state index contributed by atoms with van der Waals surface area (Å²) in [5.74, 6) is 5.85. The summed E-state index contributed by atoms with van der Waals surface area (Å²) in [5, 5.41) is 8.80. The van der Waals surface area contributed by atoms with E-state index in [1.807, 2.05) is 0 Å². The third-order valence-corrected chi connectivity index (χ3v) is 1.22. The second kappa shape index (κ2) is 7.37. The lowest BCUT2D eigenvalue weighted by Crippen LogP contribution is -1.90. The van der Waals surface area contributed by atoms with E-state index >= 15 is 0 Å². The van der Waals surface area contributed by atoms with Crippen LogP contribution in [0.2, 0.25) is 0 Å². The summed E-state index contributed by atoms with van der Waals surface area (Å²) in [5.41, 5.74) is 0. The molecule has 0 aromatic heterocycles. The molecule has 11 heavy (non-hydrogen) atoms. The van der Waals surface area contributed by atoms with Gasteiger partial charge in [0, 0.05) is 6.42 Å². The number of rotatable bonds is 3. The van der Waals surface area contributed by atoms with Crippen molar-refractivity contribution in [2.45, 2.75) is 39.2 Å². The lowest BCUT2D eigenvalue weighted by molar-refractivity contribution is 0.244. The predicted octanol–water partition coefficient (Wildman–Crippen LogP) is 2.12. The van der Waals surface area contributed by atoms with Gasteiger partial charge in [-0.05, 0) is 25.5 Å². The molecule has 0 aliphatic carbocycles. The minimum atomic E-state index is -0.379. The first-order valence-corrected chi connectivity index (χ1v) is 4.10. The summed E-state index contributed by atoms with van der Waals surface area (Å²) >= 11 is 0. The summed E-state index contributed by atoms with van der Waals surface area (Å²) in [6.45, 7) is 3.86. The van der Waals surface area contributed by atoms with Crippen molar-refractivity contribution < 1.29 is 5.11 Å². The number of aliphatic hydroxyl groups is 1. The van der Waals surface area contributed by atoms with Crippen LogP contribution in [0.25, 0.3) is 0 Å². The maximum absolute atomic E-state index is 8.80. The molecule has 0 aromatic carbocycles. The molecule has 0 bridgehead atoms. The Labute approximate surface area is 69.1 Å².